The second kappa shape index (κ2) is 8.19. The van der Waals surface area contributed by atoms with E-state index in [1.165, 1.54) is 24.5 Å². The van der Waals surface area contributed by atoms with Crippen molar-refractivity contribution >= 4 is 15.6 Å². The van der Waals surface area contributed by atoms with Crippen molar-refractivity contribution in [3.05, 3.63) is 30.1 Å². The molecule has 1 fully saturated rings. The van der Waals surface area contributed by atoms with Crippen LogP contribution in [-0.4, -0.2) is 36.4 Å². The summed E-state index contributed by atoms with van der Waals surface area (Å²) in [6, 6.07) is 3.03. The average Bonchev–Trinajstić information content (AvgIpc) is 2.55. The van der Waals surface area contributed by atoms with Crippen LogP contribution in [-0.2, 0) is 20.1 Å². The number of aromatic nitrogens is 1. The van der Waals surface area contributed by atoms with Gasteiger partial charge in [0.25, 0.3) is 0 Å². The molecule has 1 aliphatic rings. The van der Waals surface area contributed by atoms with E-state index in [2.05, 4.69) is 4.98 Å². The van der Waals surface area contributed by atoms with E-state index in [0.29, 0.717) is 18.4 Å². The van der Waals surface area contributed by atoms with Gasteiger partial charge in [-0.25, -0.2) is 0 Å². The van der Waals surface area contributed by atoms with E-state index in [1.807, 2.05) is 0 Å². The first-order valence-electron chi connectivity index (χ1n) is 7.80. The summed E-state index contributed by atoms with van der Waals surface area (Å²) in [6.07, 6.45) is 4.67. The number of hydrogen-bond donors (Lipinski definition) is 4. The number of hydrogen-bond acceptors (Lipinski definition) is 6. The molecule has 0 radical (unpaired) electrons. The molecule has 0 aliphatic heterocycles. The molecule has 4 N–H and O–H groups in total. The highest BCUT2D eigenvalue weighted by Crippen LogP contribution is 2.65. The van der Waals surface area contributed by atoms with Crippen LogP contribution >= 0.6 is 15.6 Å². The van der Waals surface area contributed by atoms with Crippen LogP contribution in [0, 0.1) is 5.92 Å². The van der Waals surface area contributed by atoms with Crippen LogP contribution in [0.5, 0.6) is 0 Å². The van der Waals surface area contributed by atoms with Gasteiger partial charge in [-0.2, -0.15) is 0 Å². The van der Waals surface area contributed by atoms with Crippen LogP contribution in [0.2, 0.25) is 0 Å². The molecular weight excluding hydrogens is 356 g/mol. The zero-order valence-electron chi connectivity index (χ0n) is 13.1. The van der Waals surface area contributed by atoms with Crippen molar-refractivity contribution in [2.24, 2.45) is 5.92 Å². The second-order valence-corrected chi connectivity index (χ2v) is 9.92. The summed E-state index contributed by atoms with van der Waals surface area (Å²) in [5, 5.41) is 17.6. The maximum Gasteiger partial charge on any atom is 0.371 e. The molecule has 136 valence electrons. The lowest BCUT2D eigenvalue weighted by atomic mass is 9.89. The Kier molecular flexibility index (Phi) is 6.74. The maximum absolute atomic E-state index is 12.5. The van der Waals surface area contributed by atoms with E-state index in [4.69, 9.17) is 4.52 Å². The number of aliphatic hydroxyl groups excluding tert-OH is 1. The van der Waals surface area contributed by atoms with Gasteiger partial charge in [0, 0.05) is 24.7 Å². The maximum atomic E-state index is 12.5. The highest BCUT2D eigenvalue weighted by Gasteiger charge is 2.54. The molecule has 2 rings (SSSR count). The van der Waals surface area contributed by atoms with Gasteiger partial charge in [0.15, 0.2) is 6.29 Å². The minimum Gasteiger partial charge on any atom is -0.369 e. The summed E-state index contributed by atoms with van der Waals surface area (Å²) in [6.45, 7) is 0. The van der Waals surface area contributed by atoms with Crippen LogP contribution in [0.3, 0.4) is 0 Å². The zero-order chi connectivity index (χ0) is 17.8. The van der Waals surface area contributed by atoms with E-state index in [1.54, 1.807) is 0 Å². The van der Waals surface area contributed by atoms with Crippen molar-refractivity contribution < 1.29 is 33.7 Å². The van der Waals surface area contributed by atoms with Crippen molar-refractivity contribution in [3.63, 3.8) is 0 Å². The summed E-state index contributed by atoms with van der Waals surface area (Å²) >= 11 is 0. The summed E-state index contributed by atoms with van der Waals surface area (Å²) in [5.74, 6) is -0.331. The minimum absolute atomic E-state index is 0.303. The molecule has 8 nitrogen and oxygen atoms in total. The topological polar surface area (TPSA) is 137 Å². The van der Waals surface area contributed by atoms with E-state index in [9.17, 15) is 29.1 Å². The smallest absolute Gasteiger partial charge is 0.369 e. The second-order valence-electron chi connectivity index (χ2n) is 6.07. The van der Waals surface area contributed by atoms with Gasteiger partial charge in [-0.05, 0) is 24.5 Å². The number of aliphatic hydroxyl groups is 2. The fourth-order valence-electron chi connectivity index (χ4n) is 2.82. The molecule has 24 heavy (non-hydrogen) atoms. The SMILES string of the molecule is O=[PH](O)C(O)(Cc1cccnc1)[P@@](=O)(O)OC(O)C1CCCCC1. The Labute approximate surface area is 140 Å². The van der Waals surface area contributed by atoms with E-state index in [-0.39, 0.29) is 5.92 Å². The number of rotatable bonds is 7. The fourth-order valence-corrected chi connectivity index (χ4v) is 5.32. The van der Waals surface area contributed by atoms with Crippen LogP contribution in [0.25, 0.3) is 0 Å². The first-order valence-corrected chi connectivity index (χ1v) is 10.7. The normalized spacial score (nSPS) is 23.8. The van der Waals surface area contributed by atoms with Crippen molar-refractivity contribution in [1.82, 2.24) is 4.98 Å². The van der Waals surface area contributed by atoms with E-state index >= 15 is 0 Å². The summed E-state index contributed by atoms with van der Waals surface area (Å²) < 4.78 is 29.0. The Balaban J connectivity index is 2.17. The average molecular weight is 379 g/mol. The lowest BCUT2D eigenvalue weighted by molar-refractivity contribution is -0.0836. The van der Waals surface area contributed by atoms with Gasteiger partial charge in [-0.15, -0.1) is 0 Å². The highest BCUT2D eigenvalue weighted by atomic mass is 31.2. The van der Waals surface area contributed by atoms with Crippen LogP contribution < -0.4 is 0 Å². The Bertz CT molecular complexity index is 608. The van der Waals surface area contributed by atoms with Crippen LogP contribution in [0.15, 0.2) is 24.5 Å². The molecule has 0 amide bonds. The molecule has 0 aromatic carbocycles. The summed E-state index contributed by atoms with van der Waals surface area (Å²) in [4.78, 5) is 23.4. The van der Waals surface area contributed by atoms with Gasteiger partial charge in [0.2, 0.25) is 13.1 Å². The molecule has 1 heterocycles. The van der Waals surface area contributed by atoms with Crippen molar-refractivity contribution in [3.8, 4) is 0 Å². The zero-order valence-corrected chi connectivity index (χ0v) is 15.0. The first-order chi connectivity index (χ1) is 11.3. The van der Waals surface area contributed by atoms with Gasteiger partial charge in [0.05, 0.1) is 0 Å². The predicted octanol–water partition coefficient (Wildman–Crippen LogP) is 1.84. The highest BCUT2D eigenvalue weighted by molar-refractivity contribution is 7.67. The lowest BCUT2D eigenvalue weighted by Gasteiger charge is -2.33. The standard InChI is InChI=1S/C14H23NO7P2/c16-13(12-6-2-1-3-7-12)22-24(20,21)14(17,23(18)19)9-11-5-4-8-15-10-11/h4-5,8,10,12-13,16-17,23H,1-3,6-7,9H2,(H,18,19)(H,20,21). The molecule has 1 aromatic rings. The molecule has 10 heteroatoms. The van der Waals surface area contributed by atoms with Crippen LogP contribution in [0.1, 0.15) is 37.7 Å². The largest absolute Gasteiger partial charge is 0.371 e. The number of nitrogens with zero attached hydrogens (tertiary/aromatic N) is 1. The summed E-state index contributed by atoms with van der Waals surface area (Å²) in [5.41, 5.74) is 0.303. The molecule has 0 saturated heterocycles. The lowest BCUT2D eigenvalue weighted by Crippen LogP contribution is -2.33. The van der Waals surface area contributed by atoms with Gasteiger partial charge >= 0.3 is 7.60 Å². The minimum atomic E-state index is -5.00. The quantitative estimate of drug-likeness (QED) is 0.416. The molecule has 1 aliphatic carbocycles. The van der Waals surface area contributed by atoms with E-state index in [0.717, 1.165) is 19.3 Å². The molecule has 0 bridgehead atoms. The summed E-state index contributed by atoms with van der Waals surface area (Å²) in [7, 11) is -8.87. The molecular formula is C14H23NO7P2. The third kappa shape index (κ3) is 4.52. The van der Waals surface area contributed by atoms with Gasteiger partial charge in [0.1, 0.15) is 0 Å². The van der Waals surface area contributed by atoms with Crippen molar-refractivity contribution in [2.75, 3.05) is 0 Å². The molecule has 0 spiro atoms. The third-order valence-corrected chi connectivity index (χ3v) is 8.17. The van der Waals surface area contributed by atoms with Crippen molar-refractivity contribution in [2.45, 2.75) is 49.9 Å². The molecule has 1 saturated carbocycles. The third-order valence-electron chi connectivity index (χ3n) is 4.29. The molecule has 1 aromatic heterocycles. The van der Waals surface area contributed by atoms with Gasteiger partial charge in [-0.1, -0.05) is 25.3 Å². The Hall–Kier alpha value is -0.590. The Morgan fingerprint density at radius 2 is 2.08 bits per heavy atom. The van der Waals surface area contributed by atoms with Gasteiger partial charge < -0.3 is 20.0 Å². The van der Waals surface area contributed by atoms with Gasteiger partial charge in [-0.3, -0.25) is 18.6 Å². The number of pyridine rings is 1. The Morgan fingerprint density at radius 3 is 2.62 bits per heavy atom. The predicted molar refractivity (Wildman–Crippen MR) is 87.6 cm³/mol. The monoisotopic (exact) mass is 379 g/mol. The Morgan fingerprint density at radius 1 is 1.42 bits per heavy atom. The van der Waals surface area contributed by atoms with E-state index < -0.39 is 33.4 Å². The molecule has 4 atom stereocenters. The van der Waals surface area contributed by atoms with Crippen molar-refractivity contribution in [1.29, 1.82) is 0 Å². The first kappa shape index (κ1) is 19.7. The fraction of sp³-hybridized carbons (Fsp3) is 0.643. The van der Waals surface area contributed by atoms with Crippen LogP contribution in [0.4, 0.5) is 0 Å². The molecule has 3 unspecified atom stereocenters.